The Balaban J connectivity index is 1.95. The Hall–Kier alpha value is -2.21. The first-order valence-corrected chi connectivity index (χ1v) is 8.76. The summed E-state index contributed by atoms with van der Waals surface area (Å²) in [6.07, 6.45) is 10.5. The molecule has 25 heavy (non-hydrogen) atoms. The standard InChI is InChI=1S/C19H28N4O2/c1-4-5-16(25-14(2)3)6-7-17(20)18-12-19(22-13-21-18)23-10-8-15(24)9-11-23/h4-7,13-15,18,20,24H,1,8-12H2,2-3H3/b7-6+,16-5+,20-17?. The van der Waals surface area contributed by atoms with Gasteiger partial charge in [0.2, 0.25) is 0 Å². The quantitative estimate of drug-likeness (QED) is 0.442. The second-order valence-electron chi connectivity index (χ2n) is 6.51. The number of aliphatic hydroxyl groups excluding tert-OH is 1. The molecule has 6 heteroatoms. The number of nitrogens with one attached hydrogen (secondary N) is 1. The van der Waals surface area contributed by atoms with E-state index < -0.39 is 0 Å². The van der Waals surface area contributed by atoms with E-state index in [0.717, 1.165) is 31.8 Å². The maximum absolute atomic E-state index is 9.63. The van der Waals surface area contributed by atoms with E-state index in [2.05, 4.69) is 21.5 Å². The maximum atomic E-state index is 9.63. The Morgan fingerprint density at radius 3 is 2.76 bits per heavy atom. The van der Waals surface area contributed by atoms with Gasteiger partial charge >= 0.3 is 0 Å². The molecule has 1 saturated heterocycles. The van der Waals surface area contributed by atoms with Crippen molar-refractivity contribution in [2.75, 3.05) is 13.1 Å². The predicted molar refractivity (Wildman–Crippen MR) is 103 cm³/mol. The van der Waals surface area contributed by atoms with Crippen LogP contribution in [0.15, 0.2) is 46.6 Å². The number of rotatable bonds is 6. The molecule has 0 aromatic rings. The van der Waals surface area contributed by atoms with E-state index >= 15 is 0 Å². The first-order valence-electron chi connectivity index (χ1n) is 8.76. The first-order chi connectivity index (χ1) is 12.0. The monoisotopic (exact) mass is 344 g/mol. The summed E-state index contributed by atoms with van der Waals surface area (Å²) in [6, 6.07) is -0.236. The zero-order valence-electron chi connectivity index (χ0n) is 15.1. The topological polar surface area (TPSA) is 81.3 Å². The molecule has 0 radical (unpaired) electrons. The molecule has 0 bridgehead atoms. The molecule has 2 rings (SSSR count). The minimum Gasteiger partial charge on any atom is -0.491 e. The lowest BCUT2D eigenvalue weighted by Gasteiger charge is -2.33. The van der Waals surface area contributed by atoms with Crippen LogP contribution in [0, 0.1) is 5.41 Å². The zero-order chi connectivity index (χ0) is 18.2. The van der Waals surface area contributed by atoms with E-state index in [9.17, 15) is 5.11 Å². The Morgan fingerprint density at radius 1 is 1.40 bits per heavy atom. The van der Waals surface area contributed by atoms with Crippen molar-refractivity contribution >= 4 is 17.9 Å². The molecule has 0 spiro atoms. The van der Waals surface area contributed by atoms with Crippen LogP contribution < -0.4 is 0 Å². The van der Waals surface area contributed by atoms with Crippen molar-refractivity contribution in [3.05, 3.63) is 36.6 Å². The van der Waals surface area contributed by atoms with Crippen molar-refractivity contribution in [2.24, 2.45) is 9.98 Å². The second-order valence-corrected chi connectivity index (χ2v) is 6.51. The Kier molecular flexibility index (Phi) is 7.13. The summed E-state index contributed by atoms with van der Waals surface area (Å²) in [5.41, 5.74) is 0.419. The molecule has 0 aliphatic carbocycles. The van der Waals surface area contributed by atoms with Crippen LogP contribution in [0.1, 0.15) is 33.1 Å². The molecule has 1 unspecified atom stereocenters. The Bertz CT molecular complexity index is 597. The molecule has 0 aromatic carbocycles. The van der Waals surface area contributed by atoms with Gasteiger partial charge in [-0.2, -0.15) is 0 Å². The number of hydrogen-bond donors (Lipinski definition) is 2. The van der Waals surface area contributed by atoms with Crippen LogP contribution in [-0.4, -0.2) is 59.2 Å². The van der Waals surface area contributed by atoms with E-state index in [1.807, 2.05) is 13.8 Å². The fourth-order valence-electron chi connectivity index (χ4n) is 2.79. The Morgan fingerprint density at radius 2 is 2.12 bits per heavy atom. The lowest BCUT2D eigenvalue weighted by Crippen LogP contribution is -2.42. The number of piperidine rings is 1. The number of aliphatic hydroxyl groups is 1. The molecule has 2 N–H and O–H groups in total. The van der Waals surface area contributed by atoms with Crippen LogP contribution in [-0.2, 0) is 4.74 Å². The average Bonchev–Trinajstić information content (AvgIpc) is 2.60. The molecule has 136 valence electrons. The largest absolute Gasteiger partial charge is 0.491 e. The van der Waals surface area contributed by atoms with Gasteiger partial charge in [0, 0.05) is 19.5 Å². The van der Waals surface area contributed by atoms with E-state index in [0.29, 0.717) is 17.9 Å². The van der Waals surface area contributed by atoms with Gasteiger partial charge in [0.15, 0.2) is 0 Å². The highest BCUT2D eigenvalue weighted by molar-refractivity contribution is 6.03. The minimum absolute atomic E-state index is 0.0610. The number of amidine groups is 1. The number of allylic oxidation sites excluding steroid dienone is 3. The zero-order valence-corrected chi connectivity index (χ0v) is 15.1. The van der Waals surface area contributed by atoms with Gasteiger partial charge < -0.3 is 20.2 Å². The maximum Gasteiger partial charge on any atom is 0.119 e. The smallest absolute Gasteiger partial charge is 0.119 e. The molecular weight excluding hydrogens is 316 g/mol. The predicted octanol–water partition coefficient (Wildman–Crippen LogP) is 2.71. The molecule has 1 fully saturated rings. The summed E-state index contributed by atoms with van der Waals surface area (Å²) >= 11 is 0. The van der Waals surface area contributed by atoms with Crippen molar-refractivity contribution in [3.8, 4) is 0 Å². The molecule has 2 aliphatic heterocycles. The highest BCUT2D eigenvalue weighted by Gasteiger charge is 2.24. The lowest BCUT2D eigenvalue weighted by atomic mass is 10.0. The summed E-state index contributed by atoms with van der Waals surface area (Å²) in [5, 5.41) is 17.9. The van der Waals surface area contributed by atoms with Gasteiger partial charge in [-0.15, -0.1) is 0 Å². The normalized spacial score (nSPS) is 22.4. The van der Waals surface area contributed by atoms with Crippen LogP contribution in [0.25, 0.3) is 0 Å². The SMILES string of the molecule is C=C/C=C(\C=C\C(=N)C1CC(N2CCC(O)CC2)=NC=N1)OC(C)C. The minimum atomic E-state index is -0.236. The van der Waals surface area contributed by atoms with E-state index in [-0.39, 0.29) is 18.2 Å². The summed E-state index contributed by atoms with van der Waals surface area (Å²) in [7, 11) is 0. The van der Waals surface area contributed by atoms with Crippen LogP contribution >= 0.6 is 0 Å². The van der Waals surface area contributed by atoms with Crippen LogP contribution in [0.4, 0.5) is 0 Å². The van der Waals surface area contributed by atoms with Gasteiger partial charge in [-0.1, -0.05) is 12.7 Å². The Labute approximate surface area is 149 Å². The van der Waals surface area contributed by atoms with E-state index in [1.165, 1.54) is 0 Å². The highest BCUT2D eigenvalue weighted by Crippen LogP contribution is 2.16. The van der Waals surface area contributed by atoms with Crippen LogP contribution in [0.2, 0.25) is 0 Å². The third-order valence-corrected chi connectivity index (χ3v) is 4.10. The van der Waals surface area contributed by atoms with Gasteiger partial charge in [-0.3, -0.25) is 4.99 Å². The molecule has 6 nitrogen and oxygen atoms in total. The summed E-state index contributed by atoms with van der Waals surface area (Å²) < 4.78 is 5.67. The fraction of sp³-hybridized carbons (Fsp3) is 0.526. The third kappa shape index (κ3) is 5.98. The van der Waals surface area contributed by atoms with E-state index in [1.54, 1.807) is 30.6 Å². The molecule has 0 amide bonds. The third-order valence-electron chi connectivity index (χ3n) is 4.10. The van der Waals surface area contributed by atoms with Crippen molar-refractivity contribution in [1.82, 2.24) is 4.90 Å². The number of aliphatic imine (C=N–C) groups is 2. The molecular formula is C19H28N4O2. The van der Waals surface area contributed by atoms with Crippen molar-refractivity contribution in [2.45, 2.75) is 51.4 Å². The van der Waals surface area contributed by atoms with E-state index in [4.69, 9.17) is 10.1 Å². The first kappa shape index (κ1) is 19.1. The molecule has 0 saturated carbocycles. The molecule has 2 aliphatic rings. The lowest BCUT2D eigenvalue weighted by molar-refractivity contribution is 0.108. The number of nitrogens with zero attached hydrogens (tertiary/aromatic N) is 3. The number of ether oxygens (including phenoxy) is 1. The van der Waals surface area contributed by atoms with Crippen LogP contribution in [0.3, 0.4) is 0 Å². The van der Waals surface area contributed by atoms with Crippen LogP contribution in [0.5, 0.6) is 0 Å². The average molecular weight is 344 g/mol. The van der Waals surface area contributed by atoms with Gasteiger partial charge in [-0.25, -0.2) is 4.99 Å². The van der Waals surface area contributed by atoms with Gasteiger partial charge in [-0.05, 0) is 44.9 Å². The van der Waals surface area contributed by atoms with Crippen molar-refractivity contribution in [3.63, 3.8) is 0 Å². The molecule has 2 heterocycles. The van der Waals surface area contributed by atoms with Crippen molar-refractivity contribution < 1.29 is 9.84 Å². The van der Waals surface area contributed by atoms with Crippen molar-refractivity contribution in [1.29, 1.82) is 5.41 Å². The molecule has 0 aromatic heterocycles. The number of likely N-dealkylation sites (tertiary alicyclic amines) is 1. The fourth-order valence-corrected chi connectivity index (χ4v) is 2.79. The summed E-state index contributed by atoms with van der Waals surface area (Å²) in [5.74, 6) is 1.62. The van der Waals surface area contributed by atoms with Gasteiger partial charge in [0.1, 0.15) is 24.0 Å². The number of hydrogen-bond acceptors (Lipinski definition) is 6. The highest BCUT2D eigenvalue weighted by atomic mass is 16.5. The second kappa shape index (κ2) is 9.32. The summed E-state index contributed by atoms with van der Waals surface area (Å²) in [4.78, 5) is 10.9. The van der Waals surface area contributed by atoms with Gasteiger partial charge in [0.25, 0.3) is 0 Å². The van der Waals surface area contributed by atoms with Gasteiger partial charge in [0.05, 0.1) is 17.9 Å². The molecule has 1 atom stereocenters. The summed E-state index contributed by atoms with van der Waals surface area (Å²) in [6.45, 7) is 9.21.